The van der Waals surface area contributed by atoms with Crippen LogP contribution < -0.4 is 0 Å². The average molecular weight is 463 g/mol. The molecule has 0 amide bonds. The number of aliphatic hydroxyl groups is 1. The van der Waals surface area contributed by atoms with Gasteiger partial charge in [0.1, 0.15) is 11.3 Å². The van der Waals surface area contributed by atoms with Gasteiger partial charge in [-0.3, -0.25) is 9.88 Å². The Labute approximate surface area is 197 Å². The molecule has 1 aliphatic rings. The van der Waals surface area contributed by atoms with E-state index in [1.807, 2.05) is 6.20 Å². The van der Waals surface area contributed by atoms with Crippen LogP contribution in [-0.2, 0) is 13.0 Å². The molecule has 0 bridgehead atoms. The van der Waals surface area contributed by atoms with Crippen LogP contribution in [0.3, 0.4) is 0 Å². The van der Waals surface area contributed by atoms with Crippen LogP contribution in [0.2, 0.25) is 0 Å². The lowest BCUT2D eigenvalue weighted by Crippen LogP contribution is -2.37. The van der Waals surface area contributed by atoms with Crippen molar-refractivity contribution in [1.82, 2.24) is 19.9 Å². The number of likely N-dealkylation sites (tertiary alicyclic amines) is 1. The fourth-order valence-corrected chi connectivity index (χ4v) is 4.79. The molecule has 7 heteroatoms. The maximum absolute atomic E-state index is 13.0. The Morgan fingerprint density at radius 2 is 1.82 bits per heavy atom. The van der Waals surface area contributed by atoms with Crippen molar-refractivity contribution in [3.8, 4) is 22.3 Å². The summed E-state index contributed by atoms with van der Waals surface area (Å²) in [6, 6.07) is 13.6. The number of hydrogen-bond acceptors (Lipinski definition) is 4. The number of benzene rings is 1. The molecule has 34 heavy (non-hydrogen) atoms. The third-order valence-corrected chi connectivity index (χ3v) is 6.55. The van der Waals surface area contributed by atoms with Gasteiger partial charge in [-0.1, -0.05) is 37.3 Å². The van der Waals surface area contributed by atoms with Crippen molar-refractivity contribution < 1.29 is 13.9 Å². The van der Waals surface area contributed by atoms with Gasteiger partial charge in [0.2, 0.25) is 0 Å². The van der Waals surface area contributed by atoms with Gasteiger partial charge in [-0.25, -0.2) is 13.8 Å². The summed E-state index contributed by atoms with van der Waals surface area (Å²) in [6.07, 6.45) is 3.24. The number of hydrogen-bond donors (Lipinski definition) is 2. The summed E-state index contributed by atoms with van der Waals surface area (Å²) < 4.78 is 25.9. The lowest BCUT2D eigenvalue weighted by Gasteiger charge is -2.29. The summed E-state index contributed by atoms with van der Waals surface area (Å²) in [6.45, 7) is 4.63. The summed E-state index contributed by atoms with van der Waals surface area (Å²) in [5.41, 5.74) is 6.58. The molecule has 0 aliphatic carbocycles. The molecule has 1 aromatic carbocycles. The van der Waals surface area contributed by atoms with Crippen molar-refractivity contribution >= 4 is 11.0 Å². The second-order valence-corrected chi connectivity index (χ2v) is 8.95. The summed E-state index contributed by atoms with van der Waals surface area (Å²) in [4.78, 5) is 14.3. The molecule has 1 saturated heterocycles. The molecule has 4 aromatic rings. The molecule has 5 nitrogen and oxygen atoms in total. The predicted molar refractivity (Wildman–Crippen MR) is 130 cm³/mol. The fraction of sp³-hybridized carbons (Fsp3) is 0.333. The first kappa shape index (κ1) is 22.6. The van der Waals surface area contributed by atoms with Crippen LogP contribution in [0.1, 0.15) is 43.1 Å². The van der Waals surface area contributed by atoms with Crippen LogP contribution in [0.5, 0.6) is 0 Å². The van der Waals surface area contributed by atoms with E-state index in [-0.39, 0.29) is 11.8 Å². The number of nitrogens with zero attached hydrogens (tertiary/aromatic N) is 3. The van der Waals surface area contributed by atoms with Gasteiger partial charge in [0.25, 0.3) is 6.43 Å². The number of alkyl halides is 2. The van der Waals surface area contributed by atoms with Crippen molar-refractivity contribution in [2.75, 3.05) is 13.1 Å². The number of rotatable bonds is 6. The molecule has 0 saturated carbocycles. The van der Waals surface area contributed by atoms with Gasteiger partial charge in [-0.05, 0) is 49.1 Å². The molecule has 0 spiro atoms. The second kappa shape index (κ2) is 9.60. The predicted octanol–water partition coefficient (Wildman–Crippen LogP) is 5.75. The monoisotopic (exact) mass is 462 g/mol. The topological polar surface area (TPSA) is 65.0 Å². The quantitative estimate of drug-likeness (QED) is 0.383. The third-order valence-electron chi connectivity index (χ3n) is 6.55. The van der Waals surface area contributed by atoms with E-state index in [1.54, 1.807) is 6.07 Å². The molecule has 0 radical (unpaired) electrons. The van der Waals surface area contributed by atoms with E-state index in [1.165, 1.54) is 17.8 Å². The normalized spacial score (nSPS) is 17.0. The van der Waals surface area contributed by atoms with Crippen molar-refractivity contribution in [2.45, 2.75) is 45.3 Å². The Morgan fingerprint density at radius 3 is 2.50 bits per heavy atom. The van der Waals surface area contributed by atoms with Gasteiger partial charge >= 0.3 is 0 Å². The largest absolute Gasteiger partial charge is 0.392 e. The van der Waals surface area contributed by atoms with Crippen LogP contribution in [0.15, 0.2) is 54.9 Å². The number of nitrogens with one attached hydrogen (secondary N) is 1. The van der Waals surface area contributed by atoms with E-state index in [0.717, 1.165) is 77.9 Å². The Balaban J connectivity index is 1.45. The molecule has 176 valence electrons. The molecular formula is C27H28F2N4O. The maximum Gasteiger partial charge on any atom is 0.280 e. The Morgan fingerprint density at radius 1 is 1.06 bits per heavy atom. The highest BCUT2D eigenvalue weighted by Gasteiger charge is 2.18. The van der Waals surface area contributed by atoms with E-state index in [4.69, 9.17) is 0 Å². The number of aromatic amines is 1. The first-order valence-corrected chi connectivity index (χ1v) is 11.8. The van der Waals surface area contributed by atoms with E-state index < -0.39 is 6.43 Å². The summed E-state index contributed by atoms with van der Waals surface area (Å²) >= 11 is 0. The van der Waals surface area contributed by atoms with Crippen molar-refractivity contribution in [3.05, 3.63) is 71.8 Å². The average Bonchev–Trinajstić information content (AvgIpc) is 3.22. The lowest BCUT2D eigenvalue weighted by atomic mass is 9.99. The Kier molecular flexibility index (Phi) is 6.39. The highest BCUT2D eigenvalue weighted by Crippen LogP contribution is 2.35. The van der Waals surface area contributed by atoms with E-state index in [2.05, 4.69) is 57.1 Å². The molecule has 1 atom stereocenters. The van der Waals surface area contributed by atoms with Gasteiger partial charge in [-0.15, -0.1) is 0 Å². The van der Waals surface area contributed by atoms with E-state index in [0.29, 0.717) is 0 Å². The van der Waals surface area contributed by atoms with Crippen LogP contribution in [0.25, 0.3) is 33.3 Å². The SMILES string of the molecule is CCc1[nH]c2ncc(-c3ccc(CN4CCCC(O)C4)cc3)cc2c1-c1ccc(C(F)F)nc1. The third kappa shape index (κ3) is 4.58. The van der Waals surface area contributed by atoms with Crippen molar-refractivity contribution in [3.63, 3.8) is 0 Å². The smallest absolute Gasteiger partial charge is 0.280 e. The zero-order valence-corrected chi connectivity index (χ0v) is 19.1. The summed E-state index contributed by atoms with van der Waals surface area (Å²) in [7, 11) is 0. The van der Waals surface area contributed by atoms with Gasteiger partial charge < -0.3 is 10.1 Å². The minimum absolute atomic E-state index is 0.223. The van der Waals surface area contributed by atoms with Crippen LogP contribution in [0.4, 0.5) is 8.78 Å². The standard InChI is InChI=1S/C27H28F2N4O/c1-2-23-25(19-9-10-24(26(28)29)30-13-19)22-12-20(14-31-27(22)32-23)18-7-5-17(6-8-18)15-33-11-3-4-21(34)16-33/h5-10,12-14,21,26,34H,2-4,11,15-16H2,1H3,(H,31,32). The Bertz CT molecular complexity index is 1270. The number of aryl methyl sites for hydroxylation is 1. The maximum atomic E-state index is 13.0. The second-order valence-electron chi connectivity index (χ2n) is 8.95. The van der Waals surface area contributed by atoms with E-state index >= 15 is 0 Å². The molecule has 3 aromatic heterocycles. The zero-order chi connectivity index (χ0) is 23.7. The number of β-amino-alcohol motifs (C(OH)–C–C–N with tert-alkyl or cyclic N) is 1. The molecule has 1 aliphatic heterocycles. The molecule has 1 unspecified atom stereocenters. The molecule has 1 fully saturated rings. The van der Waals surface area contributed by atoms with Gasteiger partial charge in [-0.2, -0.15) is 0 Å². The van der Waals surface area contributed by atoms with Crippen molar-refractivity contribution in [1.29, 1.82) is 0 Å². The first-order chi connectivity index (χ1) is 16.5. The van der Waals surface area contributed by atoms with Gasteiger partial charge in [0, 0.05) is 53.3 Å². The number of aromatic nitrogens is 3. The summed E-state index contributed by atoms with van der Waals surface area (Å²) in [5.74, 6) is 0. The molecular weight excluding hydrogens is 434 g/mol. The number of fused-ring (bicyclic) bond motifs is 1. The van der Waals surface area contributed by atoms with Crippen LogP contribution in [0, 0.1) is 0 Å². The zero-order valence-electron chi connectivity index (χ0n) is 19.1. The van der Waals surface area contributed by atoms with Gasteiger partial charge in [0.15, 0.2) is 0 Å². The highest BCUT2D eigenvalue weighted by atomic mass is 19.3. The number of H-pyrrole nitrogens is 1. The first-order valence-electron chi connectivity index (χ1n) is 11.8. The van der Waals surface area contributed by atoms with Crippen LogP contribution >= 0.6 is 0 Å². The molecule has 2 N–H and O–H groups in total. The number of piperidine rings is 1. The number of aliphatic hydroxyl groups excluding tert-OH is 1. The lowest BCUT2D eigenvalue weighted by molar-refractivity contribution is 0.0668. The number of halogens is 2. The van der Waals surface area contributed by atoms with E-state index in [9.17, 15) is 13.9 Å². The molecule has 4 heterocycles. The van der Waals surface area contributed by atoms with Gasteiger partial charge in [0.05, 0.1) is 6.10 Å². The fourth-order valence-electron chi connectivity index (χ4n) is 4.79. The van der Waals surface area contributed by atoms with Crippen molar-refractivity contribution in [2.24, 2.45) is 0 Å². The minimum Gasteiger partial charge on any atom is -0.392 e. The number of pyridine rings is 2. The highest BCUT2D eigenvalue weighted by molar-refractivity contribution is 5.97. The Hall–Kier alpha value is -3.16. The summed E-state index contributed by atoms with van der Waals surface area (Å²) in [5, 5.41) is 10.9. The van der Waals surface area contributed by atoms with Crippen LogP contribution in [-0.4, -0.2) is 44.2 Å². The molecule has 5 rings (SSSR count). The minimum atomic E-state index is -2.58.